The van der Waals surface area contributed by atoms with Crippen molar-refractivity contribution in [3.05, 3.63) is 59.8 Å². The number of nitrogens with one attached hydrogen (secondary N) is 1. The number of amides is 1. The van der Waals surface area contributed by atoms with Gasteiger partial charge in [0.2, 0.25) is 15.9 Å². The van der Waals surface area contributed by atoms with E-state index in [4.69, 9.17) is 0 Å². The molecule has 184 valence electrons. The molecule has 1 amide bonds. The predicted molar refractivity (Wildman–Crippen MR) is 122 cm³/mol. The Bertz CT molecular complexity index is 1180. The fourth-order valence-electron chi connectivity index (χ4n) is 4.19. The third kappa shape index (κ3) is 5.82. The number of likely N-dealkylation sites (tertiary alicyclic amines) is 1. The maximum Gasteiger partial charge on any atom is 0.283 e. The normalized spacial score (nSPS) is 19.9. The molecule has 1 aliphatic heterocycles. The summed E-state index contributed by atoms with van der Waals surface area (Å²) >= 11 is 0. The van der Waals surface area contributed by atoms with Crippen LogP contribution in [-0.2, 0) is 21.2 Å². The number of carbonyl (C=O) groups excluding carboxylic acids is 1. The second kappa shape index (κ2) is 9.83. The second-order valence-electron chi connectivity index (χ2n) is 8.47. The average molecular weight is 497 g/mol. The summed E-state index contributed by atoms with van der Waals surface area (Å²) < 4.78 is 71.0. The fraction of sp³-hybridized carbons (Fsp3) is 0.435. The predicted octanol–water partition coefficient (Wildman–Crippen LogP) is 3.17. The van der Waals surface area contributed by atoms with Crippen LogP contribution < -0.4 is 4.72 Å². The molecule has 0 unspecified atom stereocenters. The van der Waals surface area contributed by atoms with Crippen LogP contribution in [0.3, 0.4) is 0 Å². The van der Waals surface area contributed by atoms with E-state index in [1.807, 2.05) is 4.72 Å². The number of hydrogen-bond donors (Lipinski definition) is 1. The first-order valence-corrected chi connectivity index (χ1v) is 12.6. The molecule has 2 atom stereocenters. The quantitative estimate of drug-likeness (QED) is 0.567. The summed E-state index contributed by atoms with van der Waals surface area (Å²) in [6.07, 6.45) is 2.15. The van der Waals surface area contributed by atoms with Crippen molar-refractivity contribution in [1.29, 1.82) is 0 Å². The number of aryl methyl sites for hydroxylation is 2. The number of allylic oxidation sites excluding steroid dienone is 1. The third-order valence-electron chi connectivity index (χ3n) is 5.59. The topological polar surface area (TPSA) is 92.3 Å². The number of carbonyl (C=O) groups is 1. The van der Waals surface area contributed by atoms with E-state index in [0.717, 1.165) is 11.2 Å². The Morgan fingerprint density at radius 2 is 2.03 bits per heavy atom. The minimum atomic E-state index is -4.04. The number of halogens is 3. The first kappa shape index (κ1) is 25.8. The first-order valence-electron chi connectivity index (χ1n) is 10.7. The molecule has 2 heterocycles. The van der Waals surface area contributed by atoms with E-state index in [1.54, 1.807) is 26.0 Å². The molecule has 1 N–H and O–H groups in total. The highest BCUT2D eigenvalue weighted by molar-refractivity contribution is 7.88. The Labute approximate surface area is 197 Å². The molecule has 0 radical (unpaired) electrons. The van der Waals surface area contributed by atoms with Gasteiger partial charge in [-0.05, 0) is 44.4 Å². The minimum Gasteiger partial charge on any atom is -0.331 e. The van der Waals surface area contributed by atoms with Gasteiger partial charge < -0.3 is 4.90 Å². The highest BCUT2D eigenvalue weighted by atomic mass is 32.2. The third-order valence-corrected chi connectivity index (χ3v) is 6.28. The zero-order valence-electron chi connectivity index (χ0n) is 19.2. The lowest BCUT2D eigenvalue weighted by atomic mass is 9.96. The van der Waals surface area contributed by atoms with Gasteiger partial charge in [-0.1, -0.05) is 18.2 Å². The van der Waals surface area contributed by atoms with Crippen LogP contribution in [0, 0.1) is 19.7 Å². The van der Waals surface area contributed by atoms with Gasteiger partial charge in [0, 0.05) is 17.7 Å². The zero-order chi connectivity index (χ0) is 25.3. The van der Waals surface area contributed by atoms with Crippen LogP contribution >= 0.6 is 0 Å². The number of benzene rings is 1. The summed E-state index contributed by atoms with van der Waals surface area (Å²) in [5.41, 5.74) is 1.20. The van der Waals surface area contributed by atoms with Crippen molar-refractivity contribution < 1.29 is 26.4 Å². The van der Waals surface area contributed by atoms with Gasteiger partial charge in [0.15, 0.2) is 0 Å². The van der Waals surface area contributed by atoms with E-state index >= 15 is 4.39 Å². The van der Waals surface area contributed by atoms with Crippen LogP contribution in [0.2, 0.25) is 0 Å². The second-order valence-corrected chi connectivity index (χ2v) is 10.2. The Balaban J connectivity index is 2.03. The van der Waals surface area contributed by atoms with Crippen molar-refractivity contribution in [3.63, 3.8) is 0 Å². The molecule has 1 saturated heterocycles. The number of hydrogen-bond acceptors (Lipinski definition) is 5. The maximum absolute atomic E-state index is 15.6. The highest BCUT2D eigenvalue weighted by Crippen LogP contribution is 2.36. The average Bonchev–Trinajstić information content (AvgIpc) is 2.96. The van der Waals surface area contributed by atoms with Gasteiger partial charge in [0.05, 0.1) is 24.5 Å². The minimum absolute atomic E-state index is 0.0657. The molecule has 1 aliphatic rings. The molecule has 1 aromatic heterocycles. The van der Waals surface area contributed by atoms with E-state index < -0.39 is 46.3 Å². The molecule has 3 rings (SSSR count). The van der Waals surface area contributed by atoms with Gasteiger partial charge in [-0.25, -0.2) is 36.3 Å². The number of alkyl halides is 2. The van der Waals surface area contributed by atoms with Crippen LogP contribution in [-0.4, -0.2) is 60.0 Å². The molecule has 0 aliphatic carbocycles. The Morgan fingerprint density at radius 1 is 1.32 bits per heavy atom. The van der Waals surface area contributed by atoms with E-state index in [0.29, 0.717) is 17.2 Å². The lowest BCUT2D eigenvalue weighted by molar-refractivity contribution is -0.133. The van der Waals surface area contributed by atoms with Crippen molar-refractivity contribution in [2.45, 2.75) is 51.1 Å². The summed E-state index contributed by atoms with van der Waals surface area (Å²) in [6, 6.07) is 2.93. The van der Waals surface area contributed by atoms with Gasteiger partial charge in [0.1, 0.15) is 17.7 Å². The number of aromatic nitrogens is 2. The zero-order valence-corrected chi connectivity index (χ0v) is 20.0. The van der Waals surface area contributed by atoms with Crippen molar-refractivity contribution in [2.24, 2.45) is 0 Å². The number of rotatable bonds is 8. The van der Waals surface area contributed by atoms with Gasteiger partial charge in [-0.3, -0.25) is 4.79 Å². The molecule has 1 fully saturated rings. The van der Waals surface area contributed by atoms with E-state index in [2.05, 4.69) is 16.5 Å². The molecular weight excluding hydrogens is 469 g/mol. The molecule has 7 nitrogen and oxygen atoms in total. The van der Waals surface area contributed by atoms with Crippen molar-refractivity contribution in [2.75, 3.05) is 12.8 Å². The van der Waals surface area contributed by atoms with Crippen molar-refractivity contribution in [3.8, 4) is 11.3 Å². The molecule has 1 aromatic carbocycles. The van der Waals surface area contributed by atoms with E-state index in [1.165, 1.54) is 18.2 Å². The summed E-state index contributed by atoms with van der Waals surface area (Å²) in [7, 11) is -4.04. The fourth-order valence-corrected chi connectivity index (χ4v) is 4.98. The van der Waals surface area contributed by atoms with Crippen LogP contribution in [0.1, 0.15) is 29.9 Å². The molecule has 0 saturated carbocycles. The summed E-state index contributed by atoms with van der Waals surface area (Å²) in [4.78, 5) is 22.1. The molecule has 11 heteroatoms. The smallest absolute Gasteiger partial charge is 0.283 e. The molecule has 0 bridgehead atoms. The standard InChI is InChI=1S/C23H27F3N4O3S/c1-5-6-10-20(31)30-13-23(25,26)22(29-34(4,32)33)19(30)12-16-8-7-9-17(21(16)24)18-11-14(2)27-15(3)28-18/h5,7-9,11,19,22,29H,1,6,10,12-13H2,2-4H3/t19-,22+/m0/s1. The molecular formula is C23H27F3N4O3S. The van der Waals surface area contributed by atoms with Crippen LogP contribution in [0.25, 0.3) is 11.3 Å². The van der Waals surface area contributed by atoms with Gasteiger partial charge in [-0.2, -0.15) is 0 Å². The first-order chi connectivity index (χ1) is 15.8. The van der Waals surface area contributed by atoms with Crippen LogP contribution in [0.5, 0.6) is 0 Å². The van der Waals surface area contributed by atoms with Crippen LogP contribution in [0.4, 0.5) is 13.2 Å². The van der Waals surface area contributed by atoms with Gasteiger partial charge >= 0.3 is 0 Å². The number of sulfonamides is 1. The summed E-state index contributed by atoms with van der Waals surface area (Å²) in [6.45, 7) is 5.98. The molecule has 0 spiro atoms. The maximum atomic E-state index is 15.6. The largest absolute Gasteiger partial charge is 0.331 e. The highest BCUT2D eigenvalue weighted by Gasteiger charge is 2.56. The van der Waals surface area contributed by atoms with Gasteiger partial charge in [0.25, 0.3) is 5.92 Å². The van der Waals surface area contributed by atoms with Crippen LogP contribution in [0.15, 0.2) is 36.9 Å². The summed E-state index contributed by atoms with van der Waals surface area (Å²) in [5.74, 6) is -4.34. The summed E-state index contributed by atoms with van der Waals surface area (Å²) in [5, 5.41) is 0. The van der Waals surface area contributed by atoms with Gasteiger partial charge in [-0.15, -0.1) is 6.58 Å². The monoisotopic (exact) mass is 496 g/mol. The molecule has 34 heavy (non-hydrogen) atoms. The Kier molecular flexibility index (Phi) is 7.47. The number of nitrogens with zero attached hydrogens (tertiary/aromatic N) is 3. The SMILES string of the molecule is C=CCCC(=O)N1CC(F)(F)[C@H](NS(C)(=O)=O)[C@@H]1Cc1cccc(-c2cc(C)nc(C)n2)c1F. The van der Waals surface area contributed by atoms with E-state index in [9.17, 15) is 22.0 Å². The lowest BCUT2D eigenvalue weighted by Crippen LogP contribution is -2.52. The Morgan fingerprint density at radius 3 is 2.65 bits per heavy atom. The molecule has 2 aromatic rings. The van der Waals surface area contributed by atoms with Crippen molar-refractivity contribution in [1.82, 2.24) is 19.6 Å². The lowest BCUT2D eigenvalue weighted by Gasteiger charge is -2.28. The Hall–Kier alpha value is -2.79. The van der Waals surface area contributed by atoms with E-state index in [-0.39, 0.29) is 30.4 Å². The van der Waals surface area contributed by atoms with Crippen molar-refractivity contribution >= 4 is 15.9 Å².